The molecule has 186 valence electrons. The molecule has 7 nitrogen and oxygen atoms in total. The minimum atomic E-state index is -0.950. The van der Waals surface area contributed by atoms with Crippen LogP contribution in [-0.2, 0) is 42.1 Å². The zero-order valence-corrected chi connectivity index (χ0v) is 20.4. The van der Waals surface area contributed by atoms with Crippen molar-refractivity contribution >= 4 is 23.6 Å². The smallest absolute Gasteiger partial charge is 0.262 e. The molecule has 1 saturated heterocycles. The Labute approximate surface area is 215 Å². The molecule has 3 aromatic rings. The molecule has 1 N–H and O–H groups in total. The molecule has 3 aliphatic rings. The van der Waals surface area contributed by atoms with Crippen LogP contribution in [0.4, 0.5) is 0 Å². The summed E-state index contributed by atoms with van der Waals surface area (Å²) in [7, 11) is 0. The average Bonchev–Trinajstić information content (AvgIpc) is 3.42. The van der Waals surface area contributed by atoms with E-state index in [2.05, 4.69) is 58.7 Å². The van der Waals surface area contributed by atoms with Crippen molar-refractivity contribution in [1.29, 1.82) is 0 Å². The Kier molecular flexibility index (Phi) is 5.93. The van der Waals surface area contributed by atoms with Gasteiger partial charge in [0.25, 0.3) is 11.8 Å². The number of nitrogens with zero attached hydrogens (tertiary/aromatic N) is 2. The number of rotatable bonds is 6. The first kappa shape index (κ1) is 23.3. The van der Waals surface area contributed by atoms with Crippen molar-refractivity contribution in [3.63, 3.8) is 0 Å². The number of imide groups is 2. The monoisotopic (exact) mass is 493 g/mol. The third-order valence-corrected chi connectivity index (χ3v) is 7.57. The standard InChI is InChI=1S/C30H27N3O4/c34-26-15-14-25(28(35)31-26)33-29(36)24-7-3-6-21(27(24)30(33)37)13-12-19-8-10-20(11-9-19)16-32-17-22-4-1-2-5-23(22)18-32/h1-11,25H,12-18H2,(H,31,34,35). The van der Waals surface area contributed by atoms with Gasteiger partial charge in [0.15, 0.2) is 0 Å². The van der Waals surface area contributed by atoms with Gasteiger partial charge in [0.2, 0.25) is 11.8 Å². The number of nitrogens with one attached hydrogen (secondary N) is 1. The van der Waals surface area contributed by atoms with Crippen LogP contribution in [0.5, 0.6) is 0 Å². The third-order valence-electron chi connectivity index (χ3n) is 7.57. The van der Waals surface area contributed by atoms with Gasteiger partial charge < -0.3 is 0 Å². The number of fused-ring (bicyclic) bond motifs is 2. The molecule has 0 saturated carbocycles. The van der Waals surface area contributed by atoms with Crippen molar-refractivity contribution in [3.05, 3.63) is 106 Å². The van der Waals surface area contributed by atoms with Crippen LogP contribution < -0.4 is 5.32 Å². The molecule has 0 bridgehead atoms. The molecule has 0 aliphatic carbocycles. The van der Waals surface area contributed by atoms with E-state index in [9.17, 15) is 19.2 Å². The second-order valence-electron chi connectivity index (χ2n) is 10.0. The molecular formula is C30H27N3O4. The maximum Gasteiger partial charge on any atom is 0.262 e. The molecule has 1 atom stereocenters. The molecule has 3 aliphatic heterocycles. The van der Waals surface area contributed by atoms with Gasteiger partial charge in [-0.05, 0) is 53.1 Å². The van der Waals surface area contributed by atoms with Gasteiger partial charge in [0.05, 0.1) is 11.1 Å². The van der Waals surface area contributed by atoms with E-state index in [0.29, 0.717) is 17.5 Å². The maximum absolute atomic E-state index is 13.3. The molecule has 1 fully saturated rings. The van der Waals surface area contributed by atoms with Gasteiger partial charge in [-0.2, -0.15) is 0 Å². The van der Waals surface area contributed by atoms with Crippen LogP contribution in [0, 0.1) is 0 Å². The van der Waals surface area contributed by atoms with E-state index in [4.69, 9.17) is 0 Å². The Morgan fingerprint density at radius 2 is 1.46 bits per heavy atom. The van der Waals surface area contributed by atoms with Crippen molar-refractivity contribution < 1.29 is 19.2 Å². The number of piperidine rings is 1. The predicted molar refractivity (Wildman–Crippen MR) is 136 cm³/mol. The third kappa shape index (κ3) is 4.36. The highest BCUT2D eigenvalue weighted by molar-refractivity contribution is 6.24. The fraction of sp³-hybridized carbons (Fsp3) is 0.267. The van der Waals surface area contributed by atoms with Crippen molar-refractivity contribution in [2.75, 3.05) is 0 Å². The maximum atomic E-state index is 13.3. The highest BCUT2D eigenvalue weighted by Crippen LogP contribution is 2.31. The van der Waals surface area contributed by atoms with Crippen LogP contribution >= 0.6 is 0 Å². The number of amides is 4. The summed E-state index contributed by atoms with van der Waals surface area (Å²) in [6.45, 7) is 2.84. The van der Waals surface area contributed by atoms with Crippen molar-refractivity contribution in [2.24, 2.45) is 0 Å². The minimum Gasteiger partial charge on any atom is -0.295 e. The van der Waals surface area contributed by atoms with Gasteiger partial charge in [0.1, 0.15) is 6.04 Å². The van der Waals surface area contributed by atoms with E-state index in [1.54, 1.807) is 12.1 Å². The Bertz CT molecular complexity index is 1400. The SMILES string of the molecule is O=C1CCC(N2C(=O)c3cccc(CCc4ccc(CN5Cc6ccccc6C5)cc4)c3C2=O)C(=O)N1. The quantitative estimate of drug-likeness (QED) is 0.532. The molecule has 3 heterocycles. The Morgan fingerprint density at radius 3 is 2.16 bits per heavy atom. The summed E-state index contributed by atoms with van der Waals surface area (Å²) in [5.74, 6) is -1.89. The predicted octanol–water partition coefficient (Wildman–Crippen LogP) is 3.39. The molecule has 6 rings (SSSR count). The Hall–Kier alpha value is -4.10. The number of carbonyl (C=O) groups excluding carboxylic acids is 4. The zero-order chi connectivity index (χ0) is 25.5. The first-order chi connectivity index (χ1) is 18.0. The van der Waals surface area contributed by atoms with Gasteiger partial charge in [-0.25, -0.2) is 0 Å². The van der Waals surface area contributed by atoms with Crippen molar-refractivity contribution in [1.82, 2.24) is 15.1 Å². The highest BCUT2D eigenvalue weighted by Gasteiger charge is 2.45. The van der Waals surface area contributed by atoms with Gasteiger partial charge in [-0.3, -0.25) is 34.3 Å². The summed E-state index contributed by atoms with van der Waals surface area (Å²) in [4.78, 5) is 53.7. The van der Waals surface area contributed by atoms with Crippen molar-refractivity contribution in [3.8, 4) is 0 Å². The van der Waals surface area contributed by atoms with Gasteiger partial charge in [-0.1, -0.05) is 60.7 Å². The largest absolute Gasteiger partial charge is 0.295 e. The fourth-order valence-electron chi connectivity index (χ4n) is 5.66. The van der Waals surface area contributed by atoms with E-state index in [0.717, 1.165) is 42.1 Å². The lowest BCUT2D eigenvalue weighted by Crippen LogP contribution is -2.54. The number of benzene rings is 3. The van der Waals surface area contributed by atoms with Crippen LogP contribution in [0.15, 0.2) is 66.7 Å². The van der Waals surface area contributed by atoms with Crippen molar-refractivity contribution in [2.45, 2.75) is 51.4 Å². The lowest BCUT2D eigenvalue weighted by molar-refractivity contribution is -0.136. The number of aryl methyl sites for hydroxylation is 2. The molecule has 0 spiro atoms. The number of hydrogen-bond acceptors (Lipinski definition) is 5. The number of carbonyl (C=O) groups is 4. The summed E-state index contributed by atoms with van der Waals surface area (Å²) in [6.07, 6.45) is 1.59. The van der Waals surface area contributed by atoms with Crippen LogP contribution in [0.3, 0.4) is 0 Å². The second-order valence-corrected chi connectivity index (χ2v) is 10.0. The molecule has 0 radical (unpaired) electrons. The van der Waals surface area contributed by atoms with E-state index in [-0.39, 0.29) is 18.7 Å². The van der Waals surface area contributed by atoms with Gasteiger partial charge >= 0.3 is 0 Å². The molecular weight excluding hydrogens is 466 g/mol. The summed E-state index contributed by atoms with van der Waals surface area (Å²) in [6, 6.07) is 21.5. The fourth-order valence-corrected chi connectivity index (χ4v) is 5.66. The summed E-state index contributed by atoms with van der Waals surface area (Å²) >= 11 is 0. The van der Waals surface area contributed by atoms with Crippen LogP contribution in [0.2, 0.25) is 0 Å². The first-order valence-electron chi connectivity index (χ1n) is 12.7. The van der Waals surface area contributed by atoms with E-state index in [1.807, 2.05) is 6.07 Å². The lowest BCUT2D eigenvalue weighted by Gasteiger charge is -2.27. The van der Waals surface area contributed by atoms with E-state index < -0.39 is 23.8 Å². The minimum absolute atomic E-state index is 0.108. The zero-order valence-electron chi connectivity index (χ0n) is 20.4. The summed E-state index contributed by atoms with van der Waals surface area (Å²) in [5, 5.41) is 2.24. The van der Waals surface area contributed by atoms with E-state index >= 15 is 0 Å². The van der Waals surface area contributed by atoms with E-state index in [1.165, 1.54) is 16.7 Å². The number of hydrogen-bond donors (Lipinski definition) is 1. The lowest BCUT2D eigenvalue weighted by atomic mass is 9.96. The Balaban J connectivity index is 1.12. The molecule has 1 unspecified atom stereocenters. The molecule has 7 heteroatoms. The van der Waals surface area contributed by atoms with Gasteiger partial charge in [0, 0.05) is 26.1 Å². The van der Waals surface area contributed by atoms with Gasteiger partial charge in [-0.15, -0.1) is 0 Å². The van der Waals surface area contributed by atoms with Crippen LogP contribution in [0.25, 0.3) is 0 Å². The average molecular weight is 494 g/mol. The normalized spacial score (nSPS) is 19.2. The molecule has 4 amide bonds. The topological polar surface area (TPSA) is 86.8 Å². The summed E-state index contributed by atoms with van der Waals surface area (Å²) < 4.78 is 0. The molecule has 3 aromatic carbocycles. The van der Waals surface area contributed by atoms with Crippen LogP contribution in [-0.4, -0.2) is 39.5 Å². The highest BCUT2D eigenvalue weighted by atomic mass is 16.2. The molecule has 0 aromatic heterocycles. The molecule has 37 heavy (non-hydrogen) atoms. The second kappa shape index (κ2) is 9.41. The van der Waals surface area contributed by atoms with Crippen LogP contribution in [0.1, 0.15) is 61.4 Å². The first-order valence-corrected chi connectivity index (χ1v) is 12.7. The summed E-state index contributed by atoms with van der Waals surface area (Å²) in [5.41, 5.74) is 6.72. The Morgan fingerprint density at radius 1 is 0.757 bits per heavy atom.